The number of carbonyl (C=O) groups excluding carboxylic acids is 1. The highest BCUT2D eigenvalue weighted by Gasteiger charge is 2.37. The van der Waals surface area contributed by atoms with Crippen molar-refractivity contribution >= 4 is 23.2 Å². The lowest BCUT2D eigenvalue weighted by molar-refractivity contribution is -0.142. The van der Waals surface area contributed by atoms with Gasteiger partial charge in [-0.1, -0.05) is 35.9 Å². The number of rotatable bonds is 6. The van der Waals surface area contributed by atoms with E-state index in [1.165, 1.54) is 7.11 Å². The first-order valence-corrected chi connectivity index (χ1v) is 11.9. The molecule has 0 bridgehead atoms. The minimum atomic E-state index is -4.79. The number of nitrogens with zero attached hydrogens (tertiary/aromatic N) is 4. The Morgan fingerprint density at radius 2 is 1.76 bits per heavy atom. The molecule has 7 nitrogen and oxygen atoms in total. The molecule has 0 aliphatic carbocycles. The number of benzene rings is 2. The van der Waals surface area contributed by atoms with Crippen molar-refractivity contribution < 1.29 is 22.7 Å². The molecule has 0 aliphatic rings. The third-order valence-electron chi connectivity index (χ3n) is 6.05. The van der Waals surface area contributed by atoms with Crippen LogP contribution in [0.1, 0.15) is 34.7 Å². The van der Waals surface area contributed by atoms with E-state index in [-0.39, 0.29) is 22.1 Å². The molecule has 38 heavy (non-hydrogen) atoms. The quantitative estimate of drug-likeness (QED) is 0.272. The number of alkyl halides is 3. The van der Waals surface area contributed by atoms with Crippen molar-refractivity contribution in [1.29, 1.82) is 0 Å². The molecule has 5 rings (SSSR count). The molecule has 0 saturated carbocycles. The SMILES string of the molecule is COc1cccc(-c2cc(C(F)(F)F)n3nc(C(=O)NC(C)c4ccc(-n5cccc5)cc4)c(Cl)c3n2)c1. The molecule has 0 radical (unpaired) electrons. The first kappa shape index (κ1) is 25.3. The standard InChI is InChI=1S/C27H21ClF3N5O2/c1-16(17-8-10-19(11-9-17)35-12-3-4-13-35)32-26(37)24-23(28)25-33-21(18-6-5-7-20(14-18)38-2)15-22(27(29,30)31)36(25)34-24/h3-16H,1-2H3,(H,32,37). The summed E-state index contributed by atoms with van der Waals surface area (Å²) in [6.45, 7) is 1.76. The maximum Gasteiger partial charge on any atom is 0.433 e. The van der Waals surface area contributed by atoms with E-state index < -0.39 is 23.8 Å². The summed E-state index contributed by atoms with van der Waals surface area (Å²) in [6.07, 6.45) is -0.963. The van der Waals surface area contributed by atoms with Gasteiger partial charge in [0.05, 0.1) is 18.8 Å². The average molecular weight is 540 g/mol. The second-order valence-electron chi connectivity index (χ2n) is 8.53. The molecule has 0 spiro atoms. The molecule has 3 heterocycles. The molecular formula is C27H21ClF3N5O2. The summed E-state index contributed by atoms with van der Waals surface area (Å²) in [6, 6.07) is 18.2. The fraction of sp³-hybridized carbons (Fsp3) is 0.148. The molecule has 1 amide bonds. The van der Waals surface area contributed by atoms with Crippen LogP contribution < -0.4 is 10.1 Å². The van der Waals surface area contributed by atoms with Gasteiger partial charge in [-0.2, -0.15) is 18.3 Å². The Morgan fingerprint density at radius 1 is 1.05 bits per heavy atom. The predicted octanol–water partition coefficient (Wildman–Crippen LogP) is 6.36. The molecule has 0 saturated heterocycles. The van der Waals surface area contributed by atoms with Crippen molar-refractivity contribution in [3.8, 4) is 22.7 Å². The van der Waals surface area contributed by atoms with Crippen LogP contribution in [0.3, 0.4) is 0 Å². The molecule has 3 aromatic heterocycles. The Morgan fingerprint density at radius 3 is 2.42 bits per heavy atom. The first-order valence-electron chi connectivity index (χ1n) is 11.5. The van der Waals surface area contributed by atoms with Crippen LogP contribution in [0.25, 0.3) is 22.6 Å². The molecule has 11 heteroatoms. The lowest BCUT2D eigenvalue weighted by Crippen LogP contribution is -2.27. The summed E-state index contributed by atoms with van der Waals surface area (Å²) in [5.74, 6) is -0.272. The molecule has 5 aromatic rings. The Balaban J connectivity index is 1.48. The van der Waals surface area contributed by atoms with Crippen LogP contribution in [0.4, 0.5) is 13.2 Å². The normalized spacial score (nSPS) is 12.5. The van der Waals surface area contributed by atoms with E-state index in [0.717, 1.165) is 17.3 Å². The van der Waals surface area contributed by atoms with E-state index >= 15 is 0 Å². The van der Waals surface area contributed by atoms with Gasteiger partial charge in [-0.05, 0) is 55.0 Å². The van der Waals surface area contributed by atoms with Crippen molar-refractivity contribution in [1.82, 2.24) is 24.5 Å². The Kier molecular flexibility index (Phi) is 6.58. The molecule has 2 aromatic carbocycles. The predicted molar refractivity (Wildman–Crippen MR) is 137 cm³/mol. The fourth-order valence-corrected chi connectivity index (χ4v) is 4.30. The second kappa shape index (κ2) is 9.86. The van der Waals surface area contributed by atoms with Crippen LogP contribution in [0.5, 0.6) is 5.75 Å². The Bertz CT molecular complexity index is 1610. The number of aromatic nitrogens is 4. The molecule has 0 fully saturated rings. The lowest BCUT2D eigenvalue weighted by Gasteiger charge is -2.14. The molecular weight excluding hydrogens is 519 g/mol. The third-order valence-corrected chi connectivity index (χ3v) is 6.40. The minimum Gasteiger partial charge on any atom is -0.497 e. The number of fused-ring (bicyclic) bond motifs is 1. The van der Waals surface area contributed by atoms with E-state index in [4.69, 9.17) is 16.3 Å². The monoisotopic (exact) mass is 539 g/mol. The topological polar surface area (TPSA) is 73.5 Å². The summed E-state index contributed by atoms with van der Waals surface area (Å²) in [4.78, 5) is 17.4. The van der Waals surface area contributed by atoms with E-state index in [2.05, 4.69) is 15.4 Å². The molecule has 1 unspecified atom stereocenters. The number of carbonyl (C=O) groups is 1. The van der Waals surface area contributed by atoms with Crippen LogP contribution in [-0.4, -0.2) is 32.2 Å². The Labute approximate surface area is 220 Å². The van der Waals surface area contributed by atoms with E-state index in [1.54, 1.807) is 31.2 Å². The Hall–Kier alpha value is -4.31. The van der Waals surface area contributed by atoms with E-state index in [9.17, 15) is 18.0 Å². The van der Waals surface area contributed by atoms with Crippen LogP contribution in [0.15, 0.2) is 79.1 Å². The summed E-state index contributed by atoms with van der Waals surface area (Å²) in [5, 5.41) is 6.38. The van der Waals surface area contributed by atoms with Gasteiger partial charge in [0.25, 0.3) is 5.91 Å². The van der Waals surface area contributed by atoms with Crippen molar-refractivity contribution in [2.45, 2.75) is 19.1 Å². The average Bonchev–Trinajstić information content (AvgIpc) is 3.56. The second-order valence-corrected chi connectivity index (χ2v) is 8.91. The zero-order valence-electron chi connectivity index (χ0n) is 20.2. The van der Waals surface area contributed by atoms with Gasteiger partial charge in [0.15, 0.2) is 17.0 Å². The number of nitrogens with one attached hydrogen (secondary N) is 1. The highest BCUT2D eigenvalue weighted by molar-refractivity contribution is 6.36. The van der Waals surface area contributed by atoms with Gasteiger partial charge >= 0.3 is 6.18 Å². The van der Waals surface area contributed by atoms with Crippen molar-refractivity contribution in [2.75, 3.05) is 7.11 Å². The number of hydrogen-bond donors (Lipinski definition) is 1. The summed E-state index contributed by atoms with van der Waals surface area (Å²) >= 11 is 6.40. The molecule has 0 aliphatic heterocycles. The highest BCUT2D eigenvalue weighted by Crippen LogP contribution is 2.35. The van der Waals surface area contributed by atoms with Crippen LogP contribution >= 0.6 is 11.6 Å². The number of methoxy groups -OCH3 is 1. The zero-order valence-corrected chi connectivity index (χ0v) is 21.0. The van der Waals surface area contributed by atoms with E-state index in [0.29, 0.717) is 15.8 Å². The largest absolute Gasteiger partial charge is 0.497 e. The van der Waals surface area contributed by atoms with Crippen molar-refractivity contribution in [3.05, 3.63) is 101 Å². The molecule has 1 atom stereocenters. The number of hydrogen-bond acceptors (Lipinski definition) is 4. The van der Waals surface area contributed by atoms with Gasteiger partial charge in [0.2, 0.25) is 0 Å². The summed E-state index contributed by atoms with van der Waals surface area (Å²) in [5.41, 5.74) is 0.374. The van der Waals surface area contributed by atoms with Gasteiger partial charge in [-0.15, -0.1) is 0 Å². The number of halogens is 4. The summed E-state index contributed by atoms with van der Waals surface area (Å²) < 4.78 is 49.7. The maximum atomic E-state index is 14.0. The lowest BCUT2D eigenvalue weighted by atomic mass is 10.1. The smallest absolute Gasteiger partial charge is 0.433 e. The van der Waals surface area contributed by atoms with Gasteiger partial charge in [0.1, 0.15) is 10.8 Å². The van der Waals surface area contributed by atoms with Crippen LogP contribution in [0.2, 0.25) is 5.02 Å². The van der Waals surface area contributed by atoms with Crippen molar-refractivity contribution in [3.63, 3.8) is 0 Å². The van der Waals surface area contributed by atoms with Crippen molar-refractivity contribution in [2.24, 2.45) is 0 Å². The number of ether oxygens (including phenoxy) is 1. The fourth-order valence-electron chi connectivity index (χ4n) is 4.06. The molecule has 194 valence electrons. The van der Waals surface area contributed by atoms with Gasteiger partial charge in [0, 0.05) is 23.6 Å². The van der Waals surface area contributed by atoms with Gasteiger partial charge in [-0.25, -0.2) is 9.50 Å². The number of amides is 1. The van der Waals surface area contributed by atoms with Crippen LogP contribution in [-0.2, 0) is 6.18 Å². The third kappa shape index (κ3) is 4.82. The zero-order chi connectivity index (χ0) is 27.0. The summed E-state index contributed by atoms with van der Waals surface area (Å²) in [7, 11) is 1.45. The highest BCUT2D eigenvalue weighted by atomic mass is 35.5. The first-order chi connectivity index (χ1) is 18.2. The van der Waals surface area contributed by atoms with E-state index in [1.807, 2.05) is 53.4 Å². The maximum absolute atomic E-state index is 14.0. The van der Waals surface area contributed by atoms with Crippen LogP contribution in [0, 0.1) is 0 Å². The minimum absolute atomic E-state index is 0.00799. The van der Waals surface area contributed by atoms with Gasteiger partial charge in [-0.3, -0.25) is 4.79 Å². The molecule has 1 N–H and O–H groups in total. The van der Waals surface area contributed by atoms with Gasteiger partial charge < -0.3 is 14.6 Å².